The third-order valence-electron chi connectivity index (χ3n) is 6.17. The van der Waals surface area contributed by atoms with Crippen molar-refractivity contribution in [2.75, 3.05) is 37.1 Å². The number of ketones is 1. The maximum absolute atomic E-state index is 13.4. The molecule has 7 heteroatoms. The quantitative estimate of drug-likeness (QED) is 0.235. The second-order valence-corrected chi connectivity index (χ2v) is 8.96. The minimum absolute atomic E-state index is 0.0255. The van der Waals surface area contributed by atoms with Crippen molar-refractivity contribution in [2.24, 2.45) is 0 Å². The van der Waals surface area contributed by atoms with Gasteiger partial charge in [-0.1, -0.05) is 19.1 Å². The highest BCUT2D eigenvalue weighted by atomic mass is 16.5. The number of nitrogens with zero attached hydrogens (tertiary/aromatic N) is 2. The van der Waals surface area contributed by atoms with E-state index < -0.39 is 17.7 Å². The molecule has 0 bridgehead atoms. The van der Waals surface area contributed by atoms with E-state index in [-0.39, 0.29) is 11.3 Å². The van der Waals surface area contributed by atoms with Gasteiger partial charge in [0.15, 0.2) is 0 Å². The normalized spacial score (nSPS) is 16.6. The van der Waals surface area contributed by atoms with E-state index in [4.69, 9.17) is 9.47 Å². The number of Topliss-reactive ketones (excluding diaryl/α,β-unsaturated/α-hetero) is 1. The van der Waals surface area contributed by atoms with Crippen molar-refractivity contribution < 1.29 is 24.2 Å². The van der Waals surface area contributed by atoms with E-state index in [9.17, 15) is 14.7 Å². The molecule has 0 saturated carbocycles. The van der Waals surface area contributed by atoms with Crippen molar-refractivity contribution in [1.29, 1.82) is 0 Å². The molecule has 0 radical (unpaired) electrons. The molecule has 3 aromatic carbocycles. The Morgan fingerprint density at radius 1 is 0.919 bits per heavy atom. The zero-order valence-corrected chi connectivity index (χ0v) is 21.6. The molecular formula is C30H32N2O5. The predicted octanol–water partition coefficient (Wildman–Crippen LogP) is 5.57. The lowest BCUT2D eigenvalue weighted by Gasteiger charge is -2.26. The van der Waals surface area contributed by atoms with Gasteiger partial charge in [-0.25, -0.2) is 0 Å². The van der Waals surface area contributed by atoms with E-state index in [0.717, 1.165) is 12.1 Å². The van der Waals surface area contributed by atoms with Gasteiger partial charge in [0.2, 0.25) is 0 Å². The Hall–Kier alpha value is -4.26. The van der Waals surface area contributed by atoms with Crippen LogP contribution in [0.5, 0.6) is 11.5 Å². The number of aliphatic hydroxyl groups is 1. The van der Waals surface area contributed by atoms with Crippen LogP contribution in [-0.2, 0) is 9.59 Å². The third kappa shape index (κ3) is 5.31. The molecule has 1 fully saturated rings. The van der Waals surface area contributed by atoms with Crippen LogP contribution in [0.1, 0.15) is 37.4 Å². The van der Waals surface area contributed by atoms with E-state index in [1.165, 1.54) is 4.90 Å². The van der Waals surface area contributed by atoms with Crippen LogP contribution in [0, 0.1) is 0 Å². The summed E-state index contributed by atoms with van der Waals surface area (Å²) in [6.45, 7) is 4.97. The largest absolute Gasteiger partial charge is 0.507 e. The zero-order valence-electron chi connectivity index (χ0n) is 21.6. The molecule has 0 aliphatic carbocycles. The van der Waals surface area contributed by atoms with E-state index in [1.807, 2.05) is 63.2 Å². The Morgan fingerprint density at radius 2 is 1.62 bits per heavy atom. The van der Waals surface area contributed by atoms with E-state index >= 15 is 0 Å². The van der Waals surface area contributed by atoms with Gasteiger partial charge in [-0.3, -0.25) is 14.5 Å². The molecule has 1 amide bonds. The lowest BCUT2D eigenvalue weighted by atomic mass is 9.95. The second kappa shape index (κ2) is 11.2. The Balaban J connectivity index is 1.84. The number of rotatable bonds is 9. The number of carbonyl (C=O) groups excluding carboxylic acids is 2. The Labute approximate surface area is 217 Å². The van der Waals surface area contributed by atoms with Gasteiger partial charge in [-0.15, -0.1) is 0 Å². The number of hydrogen-bond acceptors (Lipinski definition) is 6. The first-order chi connectivity index (χ1) is 17.8. The highest BCUT2D eigenvalue weighted by Crippen LogP contribution is 2.43. The second-order valence-electron chi connectivity index (χ2n) is 8.96. The highest BCUT2D eigenvalue weighted by molar-refractivity contribution is 6.51. The fraction of sp³-hybridized carbons (Fsp3) is 0.267. The van der Waals surface area contributed by atoms with E-state index in [0.29, 0.717) is 41.5 Å². The van der Waals surface area contributed by atoms with Gasteiger partial charge < -0.3 is 19.5 Å². The molecule has 1 heterocycles. The summed E-state index contributed by atoms with van der Waals surface area (Å²) in [4.78, 5) is 30.2. The van der Waals surface area contributed by atoms with Gasteiger partial charge in [0.25, 0.3) is 11.7 Å². The Bertz CT molecular complexity index is 1300. The van der Waals surface area contributed by atoms with Crippen LogP contribution in [0.15, 0.2) is 78.4 Å². The molecule has 0 spiro atoms. The van der Waals surface area contributed by atoms with Gasteiger partial charge in [-0.2, -0.15) is 0 Å². The maximum atomic E-state index is 13.4. The number of carbonyl (C=O) groups is 2. The third-order valence-corrected chi connectivity index (χ3v) is 6.17. The van der Waals surface area contributed by atoms with Gasteiger partial charge in [0.05, 0.1) is 24.8 Å². The van der Waals surface area contributed by atoms with Crippen LogP contribution < -0.4 is 19.3 Å². The minimum atomic E-state index is -0.832. The van der Waals surface area contributed by atoms with Crippen molar-refractivity contribution in [2.45, 2.75) is 26.3 Å². The first-order valence-corrected chi connectivity index (χ1v) is 12.4. The summed E-state index contributed by atoms with van der Waals surface area (Å²) in [7, 11) is 3.86. The standard InChI is InChI=1S/C30H32N2O5/c1-5-18-37-24-16-10-20(11-17-24)28(33)26-27(21-8-7-9-25(19-21)36-6-2)32(30(35)29(26)34)23-14-12-22(13-15-23)31(3)4/h7-17,19,27,33H,5-6,18H2,1-4H3/b28-26-. The van der Waals surface area contributed by atoms with Crippen molar-refractivity contribution in [3.05, 3.63) is 89.5 Å². The van der Waals surface area contributed by atoms with E-state index in [2.05, 4.69) is 0 Å². The lowest BCUT2D eigenvalue weighted by Crippen LogP contribution is -2.29. The van der Waals surface area contributed by atoms with Crippen LogP contribution in [0.3, 0.4) is 0 Å². The molecule has 0 aromatic heterocycles. The van der Waals surface area contributed by atoms with Gasteiger partial charge in [0.1, 0.15) is 17.3 Å². The summed E-state index contributed by atoms with van der Waals surface area (Å²) in [5.41, 5.74) is 2.63. The molecule has 192 valence electrons. The molecule has 1 saturated heterocycles. The molecule has 1 N–H and O–H groups in total. The predicted molar refractivity (Wildman–Crippen MR) is 145 cm³/mol. The van der Waals surface area contributed by atoms with E-state index in [1.54, 1.807) is 42.5 Å². The summed E-state index contributed by atoms with van der Waals surface area (Å²) < 4.78 is 11.3. The number of amides is 1. The molecule has 1 unspecified atom stereocenters. The van der Waals surface area contributed by atoms with Crippen molar-refractivity contribution in [3.8, 4) is 11.5 Å². The Morgan fingerprint density at radius 3 is 2.24 bits per heavy atom. The molecule has 3 aromatic rings. The number of hydrogen-bond donors (Lipinski definition) is 1. The molecule has 37 heavy (non-hydrogen) atoms. The summed E-state index contributed by atoms with van der Waals surface area (Å²) >= 11 is 0. The number of aliphatic hydroxyl groups excluding tert-OH is 1. The fourth-order valence-corrected chi connectivity index (χ4v) is 4.35. The zero-order chi connectivity index (χ0) is 26.5. The van der Waals surface area contributed by atoms with Crippen LogP contribution in [0.25, 0.3) is 5.76 Å². The summed E-state index contributed by atoms with van der Waals surface area (Å²) in [5.74, 6) is -0.396. The van der Waals surface area contributed by atoms with Crippen molar-refractivity contribution >= 4 is 28.8 Å². The van der Waals surface area contributed by atoms with Crippen LogP contribution in [-0.4, -0.2) is 44.1 Å². The van der Waals surface area contributed by atoms with Gasteiger partial charge in [0, 0.05) is 31.0 Å². The monoisotopic (exact) mass is 500 g/mol. The summed E-state index contributed by atoms with van der Waals surface area (Å²) in [6, 6.07) is 20.7. The van der Waals surface area contributed by atoms with Gasteiger partial charge in [-0.05, 0) is 79.6 Å². The fourth-order valence-electron chi connectivity index (χ4n) is 4.35. The topological polar surface area (TPSA) is 79.3 Å². The number of benzene rings is 3. The average molecular weight is 501 g/mol. The number of anilines is 2. The molecule has 1 atom stereocenters. The molecule has 4 rings (SSSR count). The van der Waals surface area contributed by atoms with Crippen molar-refractivity contribution in [1.82, 2.24) is 0 Å². The van der Waals surface area contributed by atoms with Gasteiger partial charge >= 0.3 is 0 Å². The SMILES string of the molecule is CCCOc1ccc(/C(O)=C2/C(=O)C(=O)N(c3ccc(N(C)C)cc3)C2c2cccc(OCC)c2)cc1. The lowest BCUT2D eigenvalue weighted by molar-refractivity contribution is -0.132. The smallest absolute Gasteiger partial charge is 0.300 e. The van der Waals surface area contributed by atoms with Crippen LogP contribution >= 0.6 is 0 Å². The first kappa shape index (κ1) is 25.8. The minimum Gasteiger partial charge on any atom is -0.507 e. The molecule has 1 aliphatic rings. The van der Waals surface area contributed by atoms with Crippen molar-refractivity contribution in [3.63, 3.8) is 0 Å². The molecular weight excluding hydrogens is 468 g/mol. The summed E-state index contributed by atoms with van der Waals surface area (Å²) in [5, 5.41) is 11.4. The van der Waals surface area contributed by atoms with Crippen LogP contribution in [0.4, 0.5) is 11.4 Å². The Kier molecular flexibility index (Phi) is 7.82. The summed E-state index contributed by atoms with van der Waals surface area (Å²) in [6.07, 6.45) is 0.877. The molecule has 7 nitrogen and oxygen atoms in total. The number of ether oxygens (including phenoxy) is 2. The maximum Gasteiger partial charge on any atom is 0.300 e. The first-order valence-electron chi connectivity index (χ1n) is 12.4. The van der Waals surface area contributed by atoms with Crippen LogP contribution in [0.2, 0.25) is 0 Å². The highest BCUT2D eigenvalue weighted by Gasteiger charge is 2.47. The average Bonchev–Trinajstić information content (AvgIpc) is 3.18. The molecule has 1 aliphatic heterocycles.